The third kappa shape index (κ3) is 3.50. The SMILES string of the molecule is NC(=O)c1n[nH]nc1-c1cc(Cl)ccc1OCc1cccc(Cl)c1. The molecule has 0 aliphatic heterocycles. The number of ether oxygens (including phenoxy) is 1. The third-order valence-corrected chi connectivity index (χ3v) is 3.73. The van der Waals surface area contributed by atoms with Gasteiger partial charge >= 0.3 is 0 Å². The number of hydrogen-bond donors (Lipinski definition) is 2. The maximum Gasteiger partial charge on any atom is 0.271 e. The van der Waals surface area contributed by atoms with Crippen LogP contribution >= 0.6 is 23.2 Å². The highest BCUT2D eigenvalue weighted by Gasteiger charge is 2.19. The molecular formula is C16H12Cl2N4O2. The first-order valence-corrected chi connectivity index (χ1v) is 7.68. The van der Waals surface area contributed by atoms with Crippen LogP contribution in [0.2, 0.25) is 10.0 Å². The summed E-state index contributed by atoms with van der Waals surface area (Å²) in [5.74, 6) is -0.199. The molecule has 3 rings (SSSR count). The minimum atomic E-state index is -0.695. The average molecular weight is 363 g/mol. The van der Waals surface area contributed by atoms with Gasteiger partial charge in [-0.05, 0) is 35.9 Å². The highest BCUT2D eigenvalue weighted by Crippen LogP contribution is 2.33. The lowest BCUT2D eigenvalue weighted by Crippen LogP contribution is -2.13. The average Bonchev–Trinajstić information content (AvgIpc) is 3.03. The molecule has 0 atom stereocenters. The second kappa shape index (κ2) is 6.90. The first-order chi connectivity index (χ1) is 11.5. The number of carbonyl (C=O) groups is 1. The fourth-order valence-corrected chi connectivity index (χ4v) is 2.58. The van der Waals surface area contributed by atoms with Crippen molar-refractivity contribution >= 4 is 29.1 Å². The lowest BCUT2D eigenvalue weighted by Gasteiger charge is -2.11. The summed E-state index contributed by atoms with van der Waals surface area (Å²) in [7, 11) is 0. The van der Waals surface area contributed by atoms with E-state index in [4.69, 9.17) is 33.7 Å². The number of aromatic amines is 1. The van der Waals surface area contributed by atoms with Crippen LogP contribution in [0, 0.1) is 0 Å². The van der Waals surface area contributed by atoms with Crippen molar-refractivity contribution in [2.75, 3.05) is 0 Å². The van der Waals surface area contributed by atoms with Crippen molar-refractivity contribution in [3.63, 3.8) is 0 Å². The normalized spacial score (nSPS) is 10.6. The summed E-state index contributed by atoms with van der Waals surface area (Å²) in [6.45, 7) is 0.291. The minimum absolute atomic E-state index is 0.0184. The van der Waals surface area contributed by atoms with Gasteiger partial charge in [-0.1, -0.05) is 35.3 Å². The van der Waals surface area contributed by atoms with Crippen molar-refractivity contribution in [1.29, 1.82) is 0 Å². The first-order valence-electron chi connectivity index (χ1n) is 6.92. The number of nitrogens with one attached hydrogen (secondary N) is 1. The largest absolute Gasteiger partial charge is 0.488 e. The maximum absolute atomic E-state index is 11.5. The monoisotopic (exact) mass is 362 g/mol. The molecule has 1 amide bonds. The molecule has 0 unspecified atom stereocenters. The van der Waals surface area contributed by atoms with E-state index in [1.165, 1.54) is 0 Å². The summed E-state index contributed by atoms with van der Waals surface area (Å²) in [5, 5.41) is 11.2. The summed E-state index contributed by atoms with van der Waals surface area (Å²) < 4.78 is 5.84. The van der Waals surface area contributed by atoms with Crippen molar-refractivity contribution in [2.24, 2.45) is 5.73 Å². The predicted molar refractivity (Wildman–Crippen MR) is 91.1 cm³/mol. The van der Waals surface area contributed by atoms with Crippen LogP contribution in [0.3, 0.4) is 0 Å². The van der Waals surface area contributed by atoms with Gasteiger partial charge in [-0.15, -0.1) is 0 Å². The molecule has 0 saturated carbocycles. The van der Waals surface area contributed by atoms with Gasteiger partial charge in [0.2, 0.25) is 0 Å². The van der Waals surface area contributed by atoms with Gasteiger partial charge in [0.15, 0.2) is 5.69 Å². The zero-order valence-electron chi connectivity index (χ0n) is 12.3. The minimum Gasteiger partial charge on any atom is -0.488 e. The number of H-pyrrole nitrogens is 1. The topological polar surface area (TPSA) is 93.9 Å². The fourth-order valence-electron chi connectivity index (χ4n) is 2.19. The number of aromatic nitrogens is 3. The van der Waals surface area contributed by atoms with Gasteiger partial charge < -0.3 is 10.5 Å². The van der Waals surface area contributed by atoms with E-state index in [-0.39, 0.29) is 11.4 Å². The highest BCUT2D eigenvalue weighted by molar-refractivity contribution is 6.31. The second-order valence-electron chi connectivity index (χ2n) is 4.94. The number of primary amides is 1. The quantitative estimate of drug-likeness (QED) is 0.726. The number of rotatable bonds is 5. The van der Waals surface area contributed by atoms with E-state index in [1.54, 1.807) is 24.3 Å². The molecule has 0 aliphatic carbocycles. The summed E-state index contributed by atoms with van der Waals surface area (Å²) in [4.78, 5) is 11.5. The van der Waals surface area contributed by atoms with Crippen LogP contribution in [0.25, 0.3) is 11.3 Å². The summed E-state index contributed by atoms with van der Waals surface area (Å²) in [6, 6.07) is 12.3. The number of hydrogen-bond acceptors (Lipinski definition) is 4. The summed E-state index contributed by atoms with van der Waals surface area (Å²) >= 11 is 12.0. The van der Waals surface area contributed by atoms with Crippen molar-refractivity contribution < 1.29 is 9.53 Å². The van der Waals surface area contributed by atoms with Gasteiger partial charge in [0, 0.05) is 15.6 Å². The van der Waals surface area contributed by atoms with Gasteiger partial charge in [-0.3, -0.25) is 4.79 Å². The number of amides is 1. The standard InChI is InChI=1S/C16H12Cl2N4O2/c17-10-3-1-2-9(6-10)8-24-13-5-4-11(18)7-12(13)14-15(16(19)23)21-22-20-14/h1-7H,8H2,(H2,19,23)(H,20,21,22). The zero-order valence-corrected chi connectivity index (χ0v) is 13.8. The van der Waals surface area contributed by atoms with Gasteiger partial charge in [0.25, 0.3) is 5.91 Å². The van der Waals surface area contributed by atoms with Crippen LogP contribution in [0.15, 0.2) is 42.5 Å². The van der Waals surface area contributed by atoms with Gasteiger partial charge in [-0.2, -0.15) is 15.4 Å². The molecule has 8 heteroatoms. The van der Waals surface area contributed by atoms with Crippen LogP contribution in [-0.4, -0.2) is 21.3 Å². The van der Waals surface area contributed by atoms with E-state index < -0.39 is 5.91 Å². The van der Waals surface area contributed by atoms with Crippen molar-refractivity contribution in [1.82, 2.24) is 15.4 Å². The Morgan fingerprint density at radius 3 is 2.67 bits per heavy atom. The Kier molecular flexibility index (Phi) is 4.69. The predicted octanol–water partition coefficient (Wildman–Crippen LogP) is 3.46. The second-order valence-corrected chi connectivity index (χ2v) is 5.82. The number of benzene rings is 2. The molecule has 1 heterocycles. The van der Waals surface area contributed by atoms with Gasteiger partial charge in [0.05, 0.1) is 0 Å². The zero-order chi connectivity index (χ0) is 17.1. The Labute approximate surface area is 147 Å². The van der Waals surface area contributed by atoms with Gasteiger partial charge in [0.1, 0.15) is 18.1 Å². The summed E-state index contributed by atoms with van der Waals surface area (Å²) in [5.41, 5.74) is 7.04. The lowest BCUT2D eigenvalue weighted by molar-refractivity contribution is 0.0996. The van der Waals surface area contributed by atoms with Crippen LogP contribution < -0.4 is 10.5 Å². The molecule has 0 saturated heterocycles. The van der Waals surface area contributed by atoms with Crippen LogP contribution in [0.5, 0.6) is 5.75 Å². The first kappa shape index (κ1) is 16.3. The van der Waals surface area contributed by atoms with E-state index in [0.717, 1.165) is 5.56 Å². The molecule has 3 N–H and O–H groups in total. The number of nitrogens with zero attached hydrogens (tertiary/aromatic N) is 2. The molecular weight excluding hydrogens is 351 g/mol. The van der Waals surface area contributed by atoms with Crippen LogP contribution in [0.1, 0.15) is 16.1 Å². The lowest BCUT2D eigenvalue weighted by atomic mass is 10.1. The van der Waals surface area contributed by atoms with E-state index in [2.05, 4.69) is 15.4 Å². The Hall–Kier alpha value is -2.57. The Morgan fingerprint density at radius 2 is 1.92 bits per heavy atom. The molecule has 0 radical (unpaired) electrons. The molecule has 1 aromatic heterocycles. The molecule has 0 spiro atoms. The van der Waals surface area contributed by atoms with Crippen molar-refractivity contribution in [2.45, 2.75) is 6.61 Å². The maximum atomic E-state index is 11.5. The molecule has 122 valence electrons. The van der Waals surface area contributed by atoms with Crippen molar-refractivity contribution in [3.8, 4) is 17.0 Å². The molecule has 0 bridgehead atoms. The number of nitrogens with two attached hydrogens (primary N) is 1. The highest BCUT2D eigenvalue weighted by atomic mass is 35.5. The van der Waals surface area contributed by atoms with E-state index >= 15 is 0 Å². The van der Waals surface area contributed by atoms with Gasteiger partial charge in [-0.25, -0.2) is 0 Å². The third-order valence-electron chi connectivity index (χ3n) is 3.26. The molecule has 6 nitrogen and oxygen atoms in total. The molecule has 3 aromatic rings. The number of halogens is 2. The Bertz CT molecular complexity index is 895. The smallest absolute Gasteiger partial charge is 0.271 e. The van der Waals surface area contributed by atoms with Crippen LogP contribution in [-0.2, 0) is 6.61 Å². The molecule has 0 aliphatic rings. The van der Waals surface area contributed by atoms with E-state index in [0.29, 0.717) is 28.0 Å². The fraction of sp³-hybridized carbons (Fsp3) is 0.0625. The van der Waals surface area contributed by atoms with Crippen molar-refractivity contribution in [3.05, 3.63) is 63.8 Å². The van der Waals surface area contributed by atoms with E-state index in [1.807, 2.05) is 18.2 Å². The van der Waals surface area contributed by atoms with Crippen LogP contribution in [0.4, 0.5) is 0 Å². The Balaban J connectivity index is 1.94. The number of carbonyl (C=O) groups excluding carboxylic acids is 1. The van der Waals surface area contributed by atoms with E-state index in [9.17, 15) is 4.79 Å². The Morgan fingerprint density at radius 1 is 1.12 bits per heavy atom. The molecule has 24 heavy (non-hydrogen) atoms. The molecule has 2 aromatic carbocycles. The molecule has 0 fully saturated rings. The summed E-state index contributed by atoms with van der Waals surface area (Å²) in [6.07, 6.45) is 0.